The Kier molecular flexibility index (Phi) is 17.8. The summed E-state index contributed by atoms with van der Waals surface area (Å²) in [5.74, 6) is 2.34. The van der Waals surface area contributed by atoms with Crippen LogP contribution in [0.3, 0.4) is 0 Å². The summed E-state index contributed by atoms with van der Waals surface area (Å²) in [7, 11) is 0. The van der Waals surface area contributed by atoms with Gasteiger partial charge in [-0.2, -0.15) is 0 Å². The van der Waals surface area contributed by atoms with Gasteiger partial charge in [0.2, 0.25) is 0 Å². The van der Waals surface area contributed by atoms with E-state index < -0.39 is 10.8 Å². The Hall–Kier alpha value is -8.32. The monoisotopic (exact) mass is 1450 g/mol. The lowest BCUT2D eigenvalue weighted by atomic mass is 9.30. The summed E-state index contributed by atoms with van der Waals surface area (Å²) in [4.78, 5) is 0. The topological polar surface area (TPSA) is 0 Å². The molecule has 0 aliphatic heterocycles. The molecule has 6 aliphatic rings. The molecule has 16 rings (SSSR count). The van der Waals surface area contributed by atoms with Crippen molar-refractivity contribution in [3.63, 3.8) is 0 Å². The quantitative estimate of drug-likeness (QED) is 0.128. The molecule has 6 unspecified atom stereocenters. The van der Waals surface area contributed by atoms with E-state index in [1.165, 1.54) is 111 Å². The zero-order chi connectivity index (χ0) is 78.5. The van der Waals surface area contributed by atoms with Gasteiger partial charge in [0, 0.05) is 33.0 Å². The molecule has 0 saturated heterocycles. The maximum absolute atomic E-state index is 2.79. The summed E-state index contributed by atoms with van der Waals surface area (Å²) in [6.45, 7) is 62.7. The second-order valence-corrected chi connectivity index (χ2v) is 41.3. The lowest BCUT2D eigenvalue weighted by Gasteiger charge is -2.72. The first-order valence-corrected chi connectivity index (χ1v) is 42.4. The molecular formula is C110H126. The molecule has 0 heterocycles. The molecule has 0 radical (unpaired) electrons. The third kappa shape index (κ3) is 10.7. The zero-order valence-corrected chi connectivity index (χ0v) is 71.4. The molecule has 0 heteroatoms. The highest BCUT2D eigenvalue weighted by Crippen LogP contribution is 2.86. The van der Waals surface area contributed by atoms with Crippen molar-refractivity contribution in [2.24, 2.45) is 65.1 Å². The predicted octanol–water partition coefficient (Wildman–Crippen LogP) is 29.2. The maximum Gasteiger partial charge on any atom is 0.0263 e. The molecule has 16 atom stereocenters. The Morgan fingerprint density at radius 3 is 0.500 bits per heavy atom. The van der Waals surface area contributed by atoms with Crippen LogP contribution in [-0.2, 0) is 54.1 Å². The van der Waals surface area contributed by atoms with Gasteiger partial charge in [0.25, 0.3) is 0 Å². The second-order valence-electron chi connectivity index (χ2n) is 41.3. The lowest BCUT2D eigenvalue weighted by Crippen LogP contribution is -2.70. The van der Waals surface area contributed by atoms with Crippen LogP contribution in [-0.4, -0.2) is 0 Å². The zero-order valence-electron chi connectivity index (χ0n) is 71.4. The highest BCUT2D eigenvalue weighted by Gasteiger charge is 2.82. The van der Waals surface area contributed by atoms with Crippen molar-refractivity contribution >= 4 is 0 Å². The molecule has 0 spiro atoms. The molecule has 566 valence electrons. The van der Waals surface area contributed by atoms with Gasteiger partial charge in [-0.05, 0) is 220 Å². The van der Waals surface area contributed by atoms with E-state index in [1.54, 1.807) is 22.3 Å². The van der Waals surface area contributed by atoms with E-state index in [-0.39, 0.29) is 108 Å². The van der Waals surface area contributed by atoms with E-state index in [4.69, 9.17) is 0 Å². The molecule has 10 aromatic carbocycles. The van der Waals surface area contributed by atoms with Gasteiger partial charge in [-0.3, -0.25) is 0 Å². The molecule has 0 N–H and O–H groups in total. The predicted molar refractivity (Wildman–Crippen MR) is 470 cm³/mol. The minimum Gasteiger partial charge on any atom is -0.0613 e. The Morgan fingerprint density at radius 1 is 0.173 bits per heavy atom. The van der Waals surface area contributed by atoms with E-state index in [1.807, 2.05) is 0 Å². The molecule has 3 fully saturated rings. The Morgan fingerprint density at radius 2 is 0.318 bits per heavy atom. The largest absolute Gasteiger partial charge is 0.0613 e. The van der Waals surface area contributed by atoms with Crippen molar-refractivity contribution in [1.82, 2.24) is 0 Å². The van der Waals surface area contributed by atoms with E-state index in [2.05, 4.69) is 416 Å². The number of rotatable bonds is 10. The molecule has 6 aliphatic carbocycles. The summed E-state index contributed by atoms with van der Waals surface area (Å²) in [5, 5.41) is 0. The Labute approximate surface area is 664 Å². The molecule has 3 saturated carbocycles. The fraction of sp³-hybridized carbons (Fsp3) is 0.418. The van der Waals surface area contributed by atoms with E-state index in [9.17, 15) is 0 Å². The number of allylic oxidation sites excluding steroid dienone is 4. The van der Waals surface area contributed by atoms with Crippen LogP contribution in [0.2, 0.25) is 0 Å². The fourth-order valence-electron chi connectivity index (χ4n) is 25.3. The van der Waals surface area contributed by atoms with E-state index >= 15 is 0 Å². The third-order valence-corrected chi connectivity index (χ3v) is 31.8. The van der Waals surface area contributed by atoms with Crippen molar-refractivity contribution in [3.8, 4) is 55.6 Å². The smallest absolute Gasteiger partial charge is 0.0263 e. The van der Waals surface area contributed by atoms with Crippen molar-refractivity contribution < 1.29 is 0 Å². The van der Waals surface area contributed by atoms with Crippen LogP contribution >= 0.6 is 0 Å². The van der Waals surface area contributed by atoms with E-state index in [0.717, 1.165) is 0 Å². The van der Waals surface area contributed by atoms with Gasteiger partial charge in [0.1, 0.15) is 0 Å². The van der Waals surface area contributed by atoms with Crippen molar-refractivity contribution in [2.45, 2.75) is 227 Å². The summed E-state index contributed by atoms with van der Waals surface area (Å²) in [5.41, 5.74) is 32.6. The van der Waals surface area contributed by atoms with Crippen LogP contribution in [0.4, 0.5) is 0 Å². The summed E-state index contributed by atoms with van der Waals surface area (Å²) in [6.07, 6.45) is 0. The molecular weight excluding hydrogens is 1320 g/mol. The van der Waals surface area contributed by atoms with Crippen LogP contribution in [0.1, 0.15) is 229 Å². The first-order chi connectivity index (χ1) is 51.8. The molecule has 10 aromatic rings. The average molecular weight is 1450 g/mol. The van der Waals surface area contributed by atoms with Crippen LogP contribution in [0.25, 0.3) is 55.6 Å². The Bertz CT molecular complexity index is 4890. The minimum atomic E-state index is -0.393. The van der Waals surface area contributed by atoms with Crippen molar-refractivity contribution in [3.05, 3.63) is 321 Å². The van der Waals surface area contributed by atoms with Gasteiger partial charge in [0.05, 0.1) is 0 Å². The van der Waals surface area contributed by atoms with Gasteiger partial charge in [0.15, 0.2) is 0 Å². The van der Waals surface area contributed by atoms with Crippen LogP contribution < -0.4 is 0 Å². The first-order valence-electron chi connectivity index (χ1n) is 42.4. The fourth-order valence-corrected chi connectivity index (χ4v) is 25.3. The van der Waals surface area contributed by atoms with Crippen molar-refractivity contribution in [1.29, 1.82) is 0 Å². The summed E-state index contributed by atoms with van der Waals surface area (Å²) in [6, 6.07) is 99.5. The van der Waals surface area contributed by atoms with Gasteiger partial charge < -0.3 is 0 Å². The molecule has 110 heavy (non-hydrogen) atoms. The van der Waals surface area contributed by atoms with Crippen LogP contribution in [0, 0.1) is 65.1 Å². The highest BCUT2D eigenvalue weighted by molar-refractivity contribution is 5.81. The maximum atomic E-state index is 2.79. The standard InChI is InChI=1S/C110H126/c1-66-67(2)107(92-58-38-82(39-59-92)77-28-48-87(49-29-77)102(14,15)16)70(5)71(6)109(94-62-42-84(43-63-94)79-32-52-89(53-33-79)104(20,21)22)74(9)75(10)110(95-64-44-85(45-65-95)80-34-54-90(55-35-80)105(23,24)25)73(8)72(7)108(93-60-40-83(41-61-93)78-30-50-88(51-31-78)103(17,18)19)69(4)68(3)106(66,96-97(107)99(109)100(110)98(96)108)91-56-36-81(37-57-91)76-26-46-86(47-27-76)101(11,12)13/h26-75,96H,1-25H3/t66-,67+,68+,69-,70-,71+,72+,73-,74-,75+,96?,106?,107?,108?,109?,110?. The third-order valence-electron chi connectivity index (χ3n) is 31.8. The number of hydrogen-bond donors (Lipinski definition) is 0. The Balaban J connectivity index is 1.04. The van der Waals surface area contributed by atoms with Crippen LogP contribution in [0.15, 0.2) is 265 Å². The molecule has 0 nitrogen and oxygen atoms in total. The molecule has 0 aromatic heterocycles. The average Bonchev–Trinajstić information content (AvgIpc) is 1.42. The number of benzene rings is 10. The first kappa shape index (κ1) is 75.7. The normalized spacial score (nSPS) is 29.9. The lowest BCUT2D eigenvalue weighted by molar-refractivity contribution is -0.0728. The highest BCUT2D eigenvalue weighted by atomic mass is 14.8. The molecule has 0 bridgehead atoms. The number of hydrogen-bond acceptors (Lipinski definition) is 0. The minimum absolute atomic E-state index is 0.0541. The molecule has 0 amide bonds. The van der Waals surface area contributed by atoms with Gasteiger partial charge in [-0.25, -0.2) is 0 Å². The van der Waals surface area contributed by atoms with Crippen LogP contribution in [0.5, 0.6) is 0 Å². The van der Waals surface area contributed by atoms with Gasteiger partial charge in [-0.15, -0.1) is 0 Å². The van der Waals surface area contributed by atoms with Gasteiger partial charge in [-0.1, -0.05) is 416 Å². The summed E-state index contributed by atoms with van der Waals surface area (Å²) < 4.78 is 0. The van der Waals surface area contributed by atoms with Crippen molar-refractivity contribution in [2.75, 3.05) is 0 Å². The van der Waals surface area contributed by atoms with Gasteiger partial charge >= 0.3 is 0 Å². The van der Waals surface area contributed by atoms with E-state index in [0.29, 0.717) is 0 Å². The second kappa shape index (κ2) is 25.9. The SMILES string of the molecule is C[C@@H]1[C@H](C)C2(c3ccc(-c4ccc(C(C)(C)C)cc4)cc3)C3=C4C5=C6C3C(c3ccc(-c7ccc(C(C)(C)C)cc7)cc3)([C@H](C)[C@H](C)C6(c3ccc(-c6ccc(C(C)(C)C)cc6)cc3)[C@H](C)[C@H](C)C5(c3ccc(-c5ccc(C(C)(C)C)cc5)cc3)[C@H](C)[C@H](C)C41c1ccc(-c3ccc(C(C)(C)C)cc3)cc1)[C@@H](C)[C@H]2C. The summed E-state index contributed by atoms with van der Waals surface area (Å²) >= 11 is 0.